The van der Waals surface area contributed by atoms with Crippen LogP contribution in [0.2, 0.25) is 0 Å². The van der Waals surface area contributed by atoms with Crippen LogP contribution in [0.15, 0.2) is 46.9 Å². The zero-order valence-corrected chi connectivity index (χ0v) is 18.0. The second kappa shape index (κ2) is 11.5. The largest absolute Gasteiger partial charge is 0.492 e. The Kier molecular flexibility index (Phi) is 9.01. The van der Waals surface area contributed by atoms with E-state index in [2.05, 4.69) is 33.5 Å². The number of amides is 2. The summed E-state index contributed by atoms with van der Waals surface area (Å²) in [4.78, 5) is 23.9. The molecule has 0 fully saturated rings. The van der Waals surface area contributed by atoms with Gasteiger partial charge in [0.2, 0.25) is 5.91 Å². The molecule has 6 heteroatoms. The van der Waals surface area contributed by atoms with Gasteiger partial charge in [0.15, 0.2) is 0 Å². The molecule has 150 valence electrons. The topological polar surface area (TPSA) is 67.4 Å². The van der Waals surface area contributed by atoms with Crippen LogP contribution in [-0.4, -0.2) is 18.4 Å². The molecule has 5 nitrogen and oxygen atoms in total. The molecule has 2 aromatic rings. The van der Waals surface area contributed by atoms with E-state index in [1.807, 2.05) is 6.07 Å². The van der Waals surface area contributed by atoms with Crippen LogP contribution in [-0.2, 0) is 4.79 Å². The summed E-state index contributed by atoms with van der Waals surface area (Å²) in [5.41, 5.74) is 1.90. The number of hydrogen-bond donors (Lipinski definition) is 2. The summed E-state index contributed by atoms with van der Waals surface area (Å²) in [6.45, 7) is 4.65. The van der Waals surface area contributed by atoms with E-state index >= 15 is 0 Å². The Morgan fingerprint density at radius 1 is 0.929 bits per heavy atom. The first-order valence-electron chi connectivity index (χ1n) is 9.67. The van der Waals surface area contributed by atoms with E-state index in [0.29, 0.717) is 30.0 Å². The minimum absolute atomic E-state index is 0.0469. The van der Waals surface area contributed by atoms with Crippen molar-refractivity contribution in [2.75, 3.05) is 17.2 Å². The number of rotatable bonds is 10. The molecular weight excluding hydrogens is 420 g/mol. The molecule has 0 saturated heterocycles. The van der Waals surface area contributed by atoms with E-state index in [0.717, 1.165) is 23.1 Å². The highest BCUT2D eigenvalue weighted by Crippen LogP contribution is 2.27. The van der Waals surface area contributed by atoms with E-state index < -0.39 is 0 Å². The van der Waals surface area contributed by atoms with Crippen molar-refractivity contribution in [3.05, 3.63) is 52.5 Å². The average Bonchev–Trinajstić information content (AvgIpc) is 2.70. The highest BCUT2D eigenvalue weighted by molar-refractivity contribution is 9.10. The monoisotopic (exact) mass is 446 g/mol. The summed E-state index contributed by atoms with van der Waals surface area (Å²) in [7, 11) is 0. The molecule has 2 N–H and O–H groups in total. The normalized spacial score (nSPS) is 10.4. The van der Waals surface area contributed by atoms with Gasteiger partial charge in [-0.2, -0.15) is 0 Å². The molecule has 0 atom stereocenters. The van der Waals surface area contributed by atoms with Gasteiger partial charge in [-0.05, 0) is 64.8 Å². The molecule has 0 aromatic heterocycles. The number of hydrogen-bond acceptors (Lipinski definition) is 3. The lowest BCUT2D eigenvalue weighted by Gasteiger charge is -2.11. The Labute approximate surface area is 175 Å². The van der Waals surface area contributed by atoms with Crippen molar-refractivity contribution >= 4 is 39.1 Å². The number of halogens is 1. The van der Waals surface area contributed by atoms with Crippen LogP contribution in [0.4, 0.5) is 11.4 Å². The van der Waals surface area contributed by atoms with Crippen molar-refractivity contribution in [1.29, 1.82) is 0 Å². The lowest BCUT2D eigenvalue weighted by molar-refractivity contribution is -0.115. The first-order chi connectivity index (χ1) is 13.5. The fraction of sp³-hybridized carbons (Fsp3) is 0.364. The fourth-order valence-corrected chi connectivity index (χ4v) is 3.05. The lowest BCUT2D eigenvalue weighted by atomic mass is 10.2. The molecule has 0 heterocycles. The van der Waals surface area contributed by atoms with Gasteiger partial charge in [-0.3, -0.25) is 9.59 Å². The summed E-state index contributed by atoms with van der Waals surface area (Å²) in [5, 5.41) is 5.63. The first-order valence-corrected chi connectivity index (χ1v) is 10.5. The second-order valence-corrected chi connectivity index (χ2v) is 7.34. The Hall–Kier alpha value is -2.34. The minimum atomic E-state index is -0.208. The third kappa shape index (κ3) is 7.00. The van der Waals surface area contributed by atoms with Crippen LogP contribution in [0.25, 0.3) is 0 Å². The number of nitrogens with one attached hydrogen (secondary N) is 2. The molecule has 0 saturated carbocycles. The standard InChI is InChI=1S/C22H27BrN2O3/c1-3-5-6-7-14-28-20-13-8-16(15-19(20)23)22(27)25-18-11-9-17(10-12-18)24-21(26)4-2/h8-13,15H,3-7,14H2,1-2H3,(H,24,26)(H,25,27). The molecule has 0 aliphatic carbocycles. The zero-order chi connectivity index (χ0) is 20.4. The summed E-state index contributed by atoms with van der Waals surface area (Å²) < 4.78 is 6.54. The molecule has 0 aliphatic rings. The maximum atomic E-state index is 12.5. The van der Waals surface area contributed by atoms with Crippen LogP contribution in [0.1, 0.15) is 56.3 Å². The average molecular weight is 447 g/mol. The van der Waals surface area contributed by atoms with Gasteiger partial charge in [-0.1, -0.05) is 33.1 Å². The molecule has 28 heavy (non-hydrogen) atoms. The Morgan fingerprint density at radius 3 is 2.21 bits per heavy atom. The van der Waals surface area contributed by atoms with E-state index in [4.69, 9.17) is 4.74 Å². The maximum absolute atomic E-state index is 12.5. The number of ether oxygens (including phenoxy) is 1. The van der Waals surface area contributed by atoms with Crippen LogP contribution < -0.4 is 15.4 Å². The molecule has 2 amide bonds. The number of carbonyl (C=O) groups excluding carboxylic acids is 2. The van der Waals surface area contributed by atoms with Crippen LogP contribution in [0, 0.1) is 0 Å². The van der Waals surface area contributed by atoms with Crippen LogP contribution in [0.5, 0.6) is 5.75 Å². The maximum Gasteiger partial charge on any atom is 0.255 e. The Morgan fingerprint density at radius 2 is 1.61 bits per heavy atom. The highest BCUT2D eigenvalue weighted by atomic mass is 79.9. The summed E-state index contributed by atoms with van der Waals surface area (Å²) in [6.07, 6.45) is 5.03. The van der Waals surface area contributed by atoms with Gasteiger partial charge in [0.25, 0.3) is 5.91 Å². The smallest absolute Gasteiger partial charge is 0.255 e. The van der Waals surface area contributed by atoms with Crippen molar-refractivity contribution in [3.8, 4) is 5.75 Å². The minimum Gasteiger partial charge on any atom is -0.492 e. The quantitative estimate of drug-likeness (QED) is 0.439. The van der Waals surface area contributed by atoms with Gasteiger partial charge in [-0.15, -0.1) is 0 Å². The van der Waals surface area contributed by atoms with Crippen LogP contribution in [0.3, 0.4) is 0 Å². The predicted molar refractivity (Wildman–Crippen MR) is 117 cm³/mol. The van der Waals surface area contributed by atoms with Crippen molar-refractivity contribution < 1.29 is 14.3 Å². The van der Waals surface area contributed by atoms with Gasteiger partial charge in [0.1, 0.15) is 5.75 Å². The summed E-state index contributed by atoms with van der Waals surface area (Å²) >= 11 is 3.48. The molecular formula is C22H27BrN2O3. The van der Waals surface area contributed by atoms with Crippen molar-refractivity contribution in [3.63, 3.8) is 0 Å². The van der Waals surface area contributed by atoms with Gasteiger partial charge in [-0.25, -0.2) is 0 Å². The van der Waals surface area contributed by atoms with E-state index in [1.54, 1.807) is 43.3 Å². The molecule has 0 radical (unpaired) electrons. The van der Waals surface area contributed by atoms with Gasteiger partial charge in [0, 0.05) is 23.4 Å². The first kappa shape index (κ1) is 22.0. The van der Waals surface area contributed by atoms with E-state index in [-0.39, 0.29) is 11.8 Å². The number of unbranched alkanes of at least 4 members (excludes halogenated alkanes) is 3. The molecule has 0 bridgehead atoms. The lowest BCUT2D eigenvalue weighted by Crippen LogP contribution is -2.12. The molecule has 0 unspecified atom stereocenters. The summed E-state index contributed by atoms with van der Waals surface area (Å²) in [6, 6.07) is 12.3. The van der Waals surface area contributed by atoms with Crippen molar-refractivity contribution in [2.24, 2.45) is 0 Å². The number of carbonyl (C=O) groups is 2. The Bertz CT molecular complexity index is 791. The third-order valence-electron chi connectivity index (χ3n) is 4.20. The SMILES string of the molecule is CCCCCCOc1ccc(C(=O)Nc2ccc(NC(=O)CC)cc2)cc1Br. The second-order valence-electron chi connectivity index (χ2n) is 6.49. The van der Waals surface area contributed by atoms with Gasteiger partial charge >= 0.3 is 0 Å². The van der Waals surface area contributed by atoms with Crippen LogP contribution >= 0.6 is 15.9 Å². The molecule has 2 rings (SSSR count). The summed E-state index contributed by atoms with van der Waals surface area (Å²) in [5.74, 6) is 0.485. The molecule has 2 aromatic carbocycles. The van der Waals surface area contributed by atoms with E-state index in [9.17, 15) is 9.59 Å². The molecule has 0 spiro atoms. The zero-order valence-electron chi connectivity index (χ0n) is 16.4. The van der Waals surface area contributed by atoms with Crippen molar-refractivity contribution in [1.82, 2.24) is 0 Å². The fourth-order valence-electron chi connectivity index (χ4n) is 2.56. The highest BCUT2D eigenvalue weighted by Gasteiger charge is 2.10. The van der Waals surface area contributed by atoms with Gasteiger partial charge < -0.3 is 15.4 Å². The third-order valence-corrected chi connectivity index (χ3v) is 4.82. The molecule has 0 aliphatic heterocycles. The van der Waals surface area contributed by atoms with Gasteiger partial charge in [0.05, 0.1) is 11.1 Å². The number of anilines is 2. The Balaban J connectivity index is 1.91. The van der Waals surface area contributed by atoms with E-state index in [1.165, 1.54) is 12.8 Å². The predicted octanol–water partition coefficient (Wildman–Crippen LogP) is 6.01. The number of benzene rings is 2. The van der Waals surface area contributed by atoms with Crippen molar-refractivity contribution in [2.45, 2.75) is 46.0 Å².